The lowest BCUT2D eigenvalue weighted by molar-refractivity contribution is 0.0158. The summed E-state index contributed by atoms with van der Waals surface area (Å²) in [6.45, 7) is 7.65. The number of halogens is 4. The van der Waals surface area contributed by atoms with Gasteiger partial charge < -0.3 is 19.3 Å². The molecule has 0 aliphatic carbocycles. The molecule has 10 heteroatoms. The molecular weight excluding hydrogens is 447 g/mol. The van der Waals surface area contributed by atoms with Gasteiger partial charge in [0.15, 0.2) is 17.5 Å². The van der Waals surface area contributed by atoms with Crippen molar-refractivity contribution in [3.8, 4) is 5.88 Å². The van der Waals surface area contributed by atoms with Crippen LogP contribution in [0.25, 0.3) is 0 Å². The minimum absolute atomic E-state index is 0.103. The SMILES string of the molecule is CC1CN(c2nc(OCc3ccc(Cl)cc3F)c(F)cc2F)CCN1C(=O)OC(C)(C)C. The Morgan fingerprint density at radius 3 is 2.50 bits per heavy atom. The number of anilines is 1. The molecule has 0 saturated carbocycles. The Hall–Kier alpha value is -2.68. The van der Waals surface area contributed by atoms with Crippen LogP contribution < -0.4 is 9.64 Å². The first-order chi connectivity index (χ1) is 14.9. The molecular formula is C22H25ClF3N3O3. The average molecular weight is 472 g/mol. The first-order valence-electron chi connectivity index (χ1n) is 10.1. The summed E-state index contributed by atoms with van der Waals surface area (Å²) < 4.78 is 53.4. The molecule has 6 nitrogen and oxygen atoms in total. The number of hydrogen-bond donors (Lipinski definition) is 0. The lowest BCUT2D eigenvalue weighted by Crippen LogP contribution is -2.55. The largest absolute Gasteiger partial charge is 0.471 e. The van der Waals surface area contributed by atoms with Crippen molar-refractivity contribution in [3.05, 3.63) is 52.3 Å². The summed E-state index contributed by atoms with van der Waals surface area (Å²) in [7, 11) is 0. The summed E-state index contributed by atoms with van der Waals surface area (Å²) in [5.41, 5.74) is -0.477. The second-order valence-electron chi connectivity index (χ2n) is 8.57. The molecule has 174 valence electrons. The van der Waals surface area contributed by atoms with Crippen LogP contribution in [0.2, 0.25) is 5.02 Å². The summed E-state index contributed by atoms with van der Waals surface area (Å²) in [5.74, 6) is -3.01. The van der Waals surface area contributed by atoms with Crippen LogP contribution in [-0.2, 0) is 11.3 Å². The van der Waals surface area contributed by atoms with Crippen LogP contribution in [0, 0.1) is 17.5 Å². The third-order valence-electron chi connectivity index (χ3n) is 4.81. The van der Waals surface area contributed by atoms with Gasteiger partial charge in [0.2, 0.25) is 0 Å². The van der Waals surface area contributed by atoms with Crippen molar-refractivity contribution in [1.29, 1.82) is 0 Å². The van der Waals surface area contributed by atoms with Crippen LogP contribution in [0.5, 0.6) is 5.88 Å². The Labute approximate surface area is 189 Å². The van der Waals surface area contributed by atoms with Crippen LogP contribution in [0.1, 0.15) is 33.3 Å². The average Bonchev–Trinajstić information content (AvgIpc) is 2.67. The number of carbonyl (C=O) groups excluding carboxylic acids is 1. The Morgan fingerprint density at radius 1 is 1.16 bits per heavy atom. The van der Waals surface area contributed by atoms with E-state index in [4.69, 9.17) is 21.1 Å². The molecule has 1 atom stereocenters. The van der Waals surface area contributed by atoms with Crippen molar-refractivity contribution in [2.75, 3.05) is 24.5 Å². The molecule has 1 aromatic carbocycles. The van der Waals surface area contributed by atoms with Gasteiger partial charge in [-0.2, -0.15) is 4.98 Å². The summed E-state index contributed by atoms with van der Waals surface area (Å²) in [5, 5.41) is 0.222. The van der Waals surface area contributed by atoms with Gasteiger partial charge in [0.1, 0.15) is 18.0 Å². The van der Waals surface area contributed by atoms with Crippen LogP contribution >= 0.6 is 11.6 Å². The lowest BCUT2D eigenvalue weighted by Gasteiger charge is -2.40. The quantitative estimate of drug-likeness (QED) is 0.615. The fraction of sp³-hybridized carbons (Fsp3) is 0.455. The number of amides is 1. The second-order valence-corrected chi connectivity index (χ2v) is 9.01. The van der Waals surface area contributed by atoms with Crippen molar-refractivity contribution >= 4 is 23.5 Å². The summed E-state index contributed by atoms with van der Waals surface area (Å²) in [6, 6.07) is 4.40. The first-order valence-corrected chi connectivity index (χ1v) is 10.5. The van der Waals surface area contributed by atoms with Gasteiger partial charge in [-0.15, -0.1) is 0 Å². The second kappa shape index (κ2) is 9.44. The monoisotopic (exact) mass is 471 g/mol. The van der Waals surface area contributed by atoms with Gasteiger partial charge in [-0.1, -0.05) is 17.7 Å². The fourth-order valence-corrected chi connectivity index (χ4v) is 3.45. The molecule has 2 aromatic rings. The summed E-state index contributed by atoms with van der Waals surface area (Å²) in [4.78, 5) is 19.5. The molecule has 0 radical (unpaired) electrons. The van der Waals surface area contributed by atoms with Crippen LogP contribution in [0.15, 0.2) is 24.3 Å². The Kier molecular flexibility index (Phi) is 7.07. The van der Waals surface area contributed by atoms with Gasteiger partial charge in [0.25, 0.3) is 5.88 Å². The van der Waals surface area contributed by atoms with E-state index in [-0.39, 0.29) is 48.7 Å². The van der Waals surface area contributed by atoms with E-state index in [1.165, 1.54) is 12.1 Å². The molecule has 0 N–H and O–H groups in total. The van der Waals surface area contributed by atoms with E-state index in [0.717, 1.165) is 6.07 Å². The molecule has 0 spiro atoms. The van der Waals surface area contributed by atoms with Crippen LogP contribution in [0.3, 0.4) is 0 Å². The van der Waals surface area contributed by atoms with E-state index in [1.807, 2.05) is 0 Å². The number of nitrogens with zero attached hydrogens (tertiary/aromatic N) is 3. The molecule has 1 aliphatic rings. The molecule has 32 heavy (non-hydrogen) atoms. The number of benzene rings is 1. The Morgan fingerprint density at radius 2 is 1.88 bits per heavy atom. The highest BCUT2D eigenvalue weighted by atomic mass is 35.5. The van der Waals surface area contributed by atoms with E-state index in [9.17, 15) is 18.0 Å². The van der Waals surface area contributed by atoms with E-state index in [0.29, 0.717) is 6.07 Å². The fourth-order valence-electron chi connectivity index (χ4n) is 3.29. The summed E-state index contributed by atoms with van der Waals surface area (Å²) >= 11 is 5.72. The van der Waals surface area contributed by atoms with Crippen molar-refractivity contribution in [2.45, 2.75) is 45.9 Å². The van der Waals surface area contributed by atoms with Gasteiger partial charge in [0.05, 0.1) is 0 Å². The lowest BCUT2D eigenvalue weighted by atomic mass is 10.2. The number of aromatic nitrogens is 1. The number of carbonyl (C=O) groups is 1. The van der Waals surface area contributed by atoms with Crippen LogP contribution in [0.4, 0.5) is 23.8 Å². The minimum Gasteiger partial charge on any atom is -0.471 e. The van der Waals surface area contributed by atoms with E-state index >= 15 is 0 Å². The predicted molar refractivity (Wildman–Crippen MR) is 115 cm³/mol. The predicted octanol–water partition coefficient (Wildman–Crippen LogP) is 5.18. The number of hydrogen-bond acceptors (Lipinski definition) is 5. The van der Waals surface area contributed by atoms with Crippen molar-refractivity contribution in [2.24, 2.45) is 0 Å². The number of pyridine rings is 1. The number of rotatable bonds is 4. The third-order valence-corrected chi connectivity index (χ3v) is 5.05. The van der Waals surface area contributed by atoms with Gasteiger partial charge in [-0.25, -0.2) is 18.0 Å². The molecule has 0 bridgehead atoms. The van der Waals surface area contributed by atoms with Gasteiger partial charge in [-0.3, -0.25) is 0 Å². The standard InChI is InChI=1S/C22H25ClF3N3O3/c1-13-11-28(7-8-29(13)21(30)32-22(2,3)4)19-17(25)10-18(26)20(27-19)31-12-14-5-6-15(23)9-16(14)24/h5-6,9-10,13H,7-8,11-12H2,1-4H3. The smallest absolute Gasteiger partial charge is 0.410 e. The highest BCUT2D eigenvalue weighted by Crippen LogP contribution is 2.27. The zero-order valence-corrected chi connectivity index (χ0v) is 19.0. The minimum atomic E-state index is -0.999. The number of ether oxygens (including phenoxy) is 2. The molecule has 1 aromatic heterocycles. The molecule has 1 fully saturated rings. The van der Waals surface area contributed by atoms with Crippen molar-refractivity contribution in [3.63, 3.8) is 0 Å². The molecule has 1 aliphatic heterocycles. The maximum Gasteiger partial charge on any atom is 0.410 e. The molecule has 2 heterocycles. The normalized spacial score (nSPS) is 16.8. The zero-order valence-electron chi connectivity index (χ0n) is 18.3. The molecule has 1 saturated heterocycles. The summed E-state index contributed by atoms with van der Waals surface area (Å²) in [6.07, 6.45) is -0.453. The van der Waals surface area contributed by atoms with Gasteiger partial charge in [-0.05, 0) is 39.8 Å². The van der Waals surface area contributed by atoms with E-state index < -0.39 is 35.0 Å². The number of piperazine rings is 1. The van der Waals surface area contributed by atoms with Crippen molar-refractivity contribution < 1.29 is 27.4 Å². The maximum absolute atomic E-state index is 14.5. The molecule has 3 rings (SSSR count). The van der Waals surface area contributed by atoms with E-state index in [1.54, 1.807) is 37.5 Å². The Bertz CT molecular complexity index is 1000. The van der Waals surface area contributed by atoms with Crippen molar-refractivity contribution in [1.82, 2.24) is 9.88 Å². The third kappa shape index (κ3) is 5.76. The van der Waals surface area contributed by atoms with E-state index in [2.05, 4.69) is 4.98 Å². The van der Waals surface area contributed by atoms with Crippen LogP contribution in [-0.4, -0.2) is 47.3 Å². The molecule has 1 amide bonds. The van der Waals surface area contributed by atoms with Gasteiger partial charge in [0, 0.05) is 42.3 Å². The maximum atomic E-state index is 14.5. The molecule has 1 unspecified atom stereocenters. The highest BCUT2D eigenvalue weighted by molar-refractivity contribution is 6.30. The highest BCUT2D eigenvalue weighted by Gasteiger charge is 2.32. The van der Waals surface area contributed by atoms with Gasteiger partial charge >= 0.3 is 6.09 Å². The Balaban J connectivity index is 1.72. The zero-order chi connectivity index (χ0) is 23.6. The topological polar surface area (TPSA) is 54.9 Å². The first kappa shape index (κ1) is 24.0.